The lowest BCUT2D eigenvalue weighted by Gasteiger charge is -2.24. The zero-order valence-corrected chi connectivity index (χ0v) is 19.2. The maximum Gasteiger partial charge on any atom is 0.260 e. The van der Waals surface area contributed by atoms with Crippen LogP contribution in [0.4, 0.5) is 5.13 Å². The molecule has 5 nitrogen and oxygen atoms in total. The maximum atomic E-state index is 13.5. The fourth-order valence-corrected chi connectivity index (χ4v) is 4.48. The minimum atomic E-state index is -0.0533. The molecule has 0 aliphatic heterocycles. The van der Waals surface area contributed by atoms with Crippen LogP contribution < -0.4 is 9.64 Å². The molecular formula is C26H27N3O2S. The largest absolute Gasteiger partial charge is 0.457 e. The van der Waals surface area contributed by atoms with E-state index in [2.05, 4.69) is 18.7 Å². The van der Waals surface area contributed by atoms with Gasteiger partial charge in [-0.25, -0.2) is 4.98 Å². The van der Waals surface area contributed by atoms with Gasteiger partial charge < -0.3 is 9.64 Å². The third-order valence-electron chi connectivity index (χ3n) is 5.37. The topological polar surface area (TPSA) is 45.7 Å². The molecule has 4 aromatic rings. The van der Waals surface area contributed by atoms with Gasteiger partial charge in [-0.05, 0) is 61.6 Å². The molecule has 0 aliphatic rings. The number of ether oxygens (including phenoxy) is 1. The molecule has 0 aliphatic carbocycles. The summed E-state index contributed by atoms with van der Waals surface area (Å²) in [6.45, 7) is 7.55. The number of carbonyl (C=O) groups excluding carboxylic acids is 1. The molecule has 0 bridgehead atoms. The molecular weight excluding hydrogens is 418 g/mol. The van der Waals surface area contributed by atoms with Crippen LogP contribution in [0.25, 0.3) is 10.2 Å². The summed E-state index contributed by atoms with van der Waals surface area (Å²) in [6, 6.07) is 24.9. The van der Waals surface area contributed by atoms with Crippen LogP contribution in [-0.4, -0.2) is 42.0 Å². The minimum absolute atomic E-state index is 0.0533. The van der Waals surface area contributed by atoms with Crippen LogP contribution in [0.15, 0.2) is 78.9 Å². The number of hydrogen-bond acceptors (Lipinski definition) is 5. The predicted molar refractivity (Wildman–Crippen MR) is 132 cm³/mol. The number of rotatable bonds is 9. The first kappa shape index (κ1) is 22.0. The molecule has 0 N–H and O–H groups in total. The molecule has 0 radical (unpaired) electrons. The third kappa shape index (κ3) is 5.15. The Morgan fingerprint density at radius 3 is 2.19 bits per heavy atom. The van der Waals surface area contributed by atoms with Crippen molar-refractivity contribution in [3.8, 4) is 11.5 Å². The van der Waals surface area contributed by atoms with E-state index >= 15 is 0 Å². The number of anilines is 1. The van der Waals surface area contributed by atoms with Crippen molar-refractivity contribution in [3.63, 3.8) is 0 Å². The molecule has 4 rings (SSSR count). The molecule has 0 spiro atoms. The normalized spacial score (nSPS) is 11.1. The monoisotopic (exact) mass is 445 g/mol. The van der Waals surface area contributed by atoms with Gasteiger partial charge in [-0.2, -0.15) is 0 Å². The van der Waals surface area contributed by atoms with Crippen molar-refractivity contribution in [2.75, 3.05) is 31.1 Å². The Bertz CT molecular complexity index is 1120. The predicted octanol–water partition coefficient (Wildman–Crippen LogP) is 6.08. The van der Waals surface area contributed by atoms with E-state index < -0.39 is 0 Å². The van der Waals surface area contributed by atoms with E-state index in [4.69, 9.17) is 9.72 Å². The molecule has 1 heterocycles. The van der Waals surface area contributed by atoms with Gasteiger partial charge in [-0.1, -0.05) is 55.5 Å². The van der Waals surface area contributed by atoms with E-state index in [1.807, 2.05) is 78.9 Å². The van der Waals surface area contributed by atoms with Gasteiger partial charge in [0.2, 0.25) is 0 Å². The molecule has 1 aromatic heterocycles. The van der Waals surface area contributed by atoms with E-state index in [-0.39, 0.29) is 5.91 Å². The number of thiazole rings is 1. The second-order valence-corrected chi connectivity index (χ2v) is 8.40. The molecule has 0 unspecified atom stereocenters. The number of para-hydroxylation sites is 2. The van der Waals surface area contributed by atoms with Crippen LogP contribution in [0.1, 0.15) is 24.2 Å². The van der Waals surface area contributed by atoms with E-state index in [9.17, 15) is 4.79 Å². The fourth-order valence-electron chi connectivity index (χ4n) is 3.49. The Kier molecular flexibility index (Phi) is 7.14. The highest BCUT2D eigenvalue weighted by Gasteiger charge is 2.22. The van der Waals surface area contributed by atoms with Crippen molar-refractivity contribution in [1.82, 2.24) is 9.88 Å². The highest BCUT2D eigenvalue weighted by molar-refractivity contribution is 7.22. The second kappa shape index (κ2) is 10.4. The first-order chi connectivity index (χ1) is 15.7. The van der Waals surface area contributed by atoms with Gasteiger partial charge >= 0.3 is 0 Å². The Labute approximate surface area is 192 Å². The maximum absolute atomic E-state index is 13.5. The number of benzene rings is 3. The summed E-state index contributed by atoms with van der Waals surface area (Å²) in [4.78, 5) is 22.4. The van der Waals surface area contributed by atoms with E-state index in [1.165, 1.54) is 0 Å². The van der Waals surface area contributed by atoms with Gasteiger partial charge in [0.15, 0.2) is 5.13 Å². The van der Waals surface area contributed by atoms with Gasteiger partial charge in [0, 0.05) is 18.7 Å². The molecule has 32 heavy (non-hydrogen) atoms. The SMILES string of the molecule is CCN(CC)CCN(C(=O)c1ccc(Oc2ccccc2)cc1)c1nc2ccccc2s1. The van der Waals surface area contributed by atoms with Crippen molar-refractivity contribution < 1.29 is 9.53 Å². The summed E-state index contributed by atoms with van der Waals surface area (Å²) in [7, 11) is 0. The van der Waals surface area contributed by atoms with Gasteiger partial charge in [-0.3, -0.25) is 9.69 Å². The smallest absolute Gasteiger partial charge is 0.260 e. The van der Waals surface area contributed by atoms with Crippen molar-refractivity contribution in [3.05, 3.63) is 84.4 Å². The zero-order chi connectivity index (χ0) is 22.3. The summed E-state index contributed by atoms with van der Waals surface area (Å²) in [6.07, 6.45) is 0. The van der Waals surface area contributed by atoms with Gasteiger partial charge in [0.1, 0.15) is 11.5 Å². The number of aromatic nitrogens is 1. The molecule has 6 heteroatoms. The molecule has 164 valence electrons. The number of amides is 1. The number of nitrogens with zero attached hydrogens (tertiary/aromatic N) is 3. The lowest BCUT2D eigenvalue weighted by molar-refractivity contribution is 0.0984. The standard InChI is InChI=1S/C26H27N3O2S/c1-3-28(4-2)18-19-29(26-27-23-12-8-9-13-24(23)32-26)25(30)20-14-16-22(17-15-20)31-21-10-6-5-7-11-21/h5-17H,3-4,18-19H2,1-2H3. The fraction of sp³-hybridized carbons (Fsp3) is 0.231. The highest BCUT2D eigenvalue weighted by Crippen LogP contribution is 2.30. The van der Waals surface area contributed by atoms with Gasteiger partial charge in [0.05, 0.1) is 10.2 Å². The Morgan fingerprint density at radius 2 is 1.50 bits per heavy atom. The van der Waals surface area contributed by atoms with Crippen molar-refractivity contribution in [1.29, 1.82) is 0 Å². The van der Waals surface area contributed by atoms with Crippen LogP contribution in [0, 0.1) is 0 Å². The zero-order valence-electron chi connectivity index (χ0n) is 18.4. The third-order valence-corrected chi connectivity index (χ3v) is 6.43. The Balaban J connectivity index is 1.57. The first-order valence-corrected chi connectivity index (χ1v) is 11.7. The molecule has 0 fully saturated rings. The number of hydrogen-bond donors (Lipinski definition) is 0. The van der Waals surface area contributed by atoms with E-state index in [0.717, 1.165) is 40.7 Å². The summed E-state index contributed by atoms with van der Waals surface area (Å²) >= 11 is 1.55. The Morgan fingerprint density at radius 1 is 0.844 bits per heavy atom. The summed E-state index contributed by atoms with van der Waals surface area (Å²) in [5, 5.41) is 0.730. The molecule has 0 atom stereocenters. The van der Waals surface area contributed by atoms with E-state index in [1.54, 1.807) is 16.2 Å². The van der Waals surface area contributed by atoms with Crippen molar-refractivity contribution in [2.24, 2.45) is 0 Å². The average molecular weight is 446 g/mol. The minimum Gasteiger partial charge on any atom is -0.457 e. The number of fused-ring (bicyclic) bond motifs is 1. The molecule has 3 aromatic carbocycles. The van der Waals surface area contributed by atoms with Crippen LogP contribution in [0.5, 0.6) is 11.5 Å². The van der Waals surface area contributed by atoms with Crippen molar-refractivity contribution in [2.45, 2.75) is 13.8 Å². The number of carbonyl (C=O) groups is 1. The quantitative estimate of drug-likeness (QED) is 0.313. The van der Waals surface area contributed by atoms with E-state index in [0.29, 0.717) is 17.9 Å². The van der Waals surface area contributed by atoms with Crippen LogP contribution in [0.2, 0.25) is 0 Å². The average Bonchev–Trinajstić information content (AvgIpc) is 3.26. The lowest BCUT2D eigenvalue weighted by Crippen LogP contribution is -2.38. The van der Waals surface area contributed by atoms with Gasteiger partial charge in [0.25, 0.3) is 5.91 Å². The summed E-state index contributed by atoms with van der Waals surface area (Å²) < 4.78 is 6.94. The van der Waals surface area contributed by atoms with Crippen LogP contribution in [0.3, 0.4) is 0 Å². The number of likely N-dealkylation sites (N-methyl/N-ethyl adjacent to an activating group) is 1. The first-order valence-electron chi connectivity index (χ1n) is 10.9. The van der Waals surface area contributed by atoms with Gasteiger partial charge in [-0.15, -0.1) is 0 Å². The highest BCUT2D eigenvalue weighted by atomic mass is 32.1. The van der Waals surface area contributed by atoms with Crippen LogP contribution >= 0.6 is 11.3 Å². The summed E-state index contributed by atoms with van der Waals surface area (Å²) in [5.74, 6) is 1.41. The molecule has 1 amide bonds. The lowest BCUT2D eigenvalue weighted by atomic mass is 10.2. The molecule has 0 saturated carbocycles. The van der Waals surface area contributed by atoms with Crippen LogP contribution in [-0.2, 0) is 0 Å². The van der Waals surface area contributed by atoms with Crippen molar-refractivity contribution >= 4 is 32.6 Å². The summed E-state index contributed by atoms with van der Waals surface area (Å²) in [5.41, 5.74) is 1.53. The molecule has 0 saturated heterocycles. The second-order valence-electron chi connectivity index (χ2n) is 7.39. The Hall–Kier alpha value is -3.22.